The second-order valence-electron chi connectivity index (χ2n) is 6.74. The average molecular weight is 355 g/mol. The molecule has 0 bridgehead atoms. The van der Waals surface area contributed by atoms with Gasteiger partial charge in [-0.25, -0.2) is 0 Å². The molecule has 0 spiro atoms. The van der Waals surface area contributed by atoms with Gasteiger partial charge in [-0.05, 0) is 48.9 Å². The zero-order valence-corrected chi connectivity index (χ0v) is 15.7. The monoisotopic (exact) mass is 354 g/mol. The van der Waals surface area contributed by atoms with Gasteiger partial charge in [-0.15, -0.1) is 12.4 Å². The molecule has 1 aliphatic carbocycles. The minimum absolute atomic E-state index is 0. The predicted octanol–water partition coefficient (Wildman–Crippen LogP) is 3.98. The summed E-state index contributed by atoms with van der Waals surface area (Å²) in [5.41, 5.74) is 7.13. The standard InChI is InChI=1S/C19H30N2O2.ClH/c1-3-17(15-7-9-16(23-2)10-8-15)21-18(22)13-19(14-20)11-5-4-6-12-19;/h7-10,17H,3-6,11-14,20H2,1-2H3,(H,21,22);1H. The summed E-state index contributed by atoms with van der Waals surface area (Å²) in [6.45, 7) is 2.70. The van der Waals surface area contributed by atoms with Gasteiger partial charge in [-0.2, -0.15) is 0 Å². The van der Waals surface area contributed by atoms with Crippen LogP contribution >= 0.6 is 12.4 Å². The maximum Gasteiger partial charge on any atom is 0.221 e. The number of hydrogen-bond donors (Lipinski definition) is 2. The van der Waals surface area contributed by atoms with Crippen molar-refractivity contribution in [2.24, 2.45) is 11.1 Å². The van der Waals surface area contributed by atoms with E-state index in [0.717, 1.165) is 30.6 Å². The lowest BCUT2D eigenvalue weighted by atomic mass is 9.71. The molecule has 0 aliphatic heterocycles. The van der Waals surface area contributed by atoms with Gasteiger partial charge in [0.25, 0.3) is 0 Å². The number of benzene rings is 1. The van der Waals surface area contributed by atoms with Crippen molar-refractivity contribution in [1.82, 2.24) is 5.32 Å². The van der Waals surface area contributed by atoms with E-state index in [1.807, 2.05) is 24.3 Å². The maximum absolute atomic E-state index is 12.5. The summed E-state index contributed by atoms with van der Waals surface area (Å²) < 4.78 is 5.19. The summed E-state index contributed by atoms with van der Waals surface area (Å²) in [7, 11) is 1.66. The number of halogens is 1. The van der Waals surface area contributed by atoms with Crippen LogP contribution in [0, 0.1) is 5.41 Å². The first kappa shape index (κ1) is 20.8. The number of ether oxygens (including phenoxy) is 1. The SMILES string of the molecule is CCC(NC(=O)CC1(CN)CCCCC1)c1ccc(OC)cc1.Cl. The molecule has 5 heteroatoms. The quantitative estimate of drug-likeness (QED) is 0.778. The largest absolute Gasteiger partial charge is 0.497 e. The Morgan fingerprint density at radius 2 is 1.88 bits per heavy atom. The number of nitrogens with two attached hydrogens (primary N) is 1. The fraction of sp³-hybridized carbons (Fsp3) is 0.632. The van der Waals surface area contributed by atoms with E-state index >= 15 is 0 Å². The Balaban J connectivity index is 0.00000288. The highest BCUT2D eigenvalue weighted by Crippen LogP contribution is 2.38. The van der Waals surface area contributed by atoms with E-state index in [4.69, 9.17) is 10.5 Å². The Kier molecular flexibility index (Phi) is 8.57. The molecule has 4 nitrogen and oxygen atoms in total. The van der Waals surface area contributed by atoms with Crippen LogP contribution in [0.4, 0.5) is 0 Å². The molecular formula is C19H31ClN2O2. The number of carbonyl (C=O) groups is 1. The summed E-state index contributed by atoms with van der Waals surface area (Å²) in [5, 5.41) is 3.19. The molecule has 1 aliphatic rings. The lowest BCUT2D eigenvalue weighted by Gasteiger charge is -2.36. The summed E-state index contributed by atoms with van der Waals surface area (Å²) in [6.07, 6.45) is 7.24. The molecule has 1 fully saturated rings. The van der Waals surface area contributed by atoms with Gasteiger partial charge in [0, 0.05) is 6.42 Å². The molecule has 1 saturated carbocycles. The van der Waals surface area contributed by atoms with Gasteiger partial charge >= 0.3 is 0 Å². The van der Waals surface area contributed by atoms with Crippen LogP contribution in [0.1, 0.15) is 63.5 Å². The van der Waals surface area contributed by atoms with Gasteiger partial charge in [-0.3, -0.25) is 4.79 Å². The van der Waals surface area contributed by atoms with Gasteiger partial charge in [0.05, 0.1) is 13.2 Å². The number of methoxy groups -OCH3 is 1. The predicted molar refractivity (Wildman–Crippen MR) is 101 cm³/mol. The molecule has 0 heterocycles. The molecule has 1 aromatic carbocycles. The molecule has 0 aromatic heterocycles. The van der Waals surface area contributed by atoms with Crippen molar-refractivity contribution in [3.63, 3.8) is 0 Å². The number of carbonyl (C=O) groups excluding carboxylic acids is 1. The molecule has 0 saturated heterocycles. The van der Waals surface area contributed by atoms with Gasteiger partial charge in [-0.1, -0.05) is 38.3 Å². The van der Waals surface area contributed by atoms with Gasteiger partial charge in [0.1, 0.15) is 5.75 Å². The van der Waals surface area contributed by atoms with Crippen molar-refractivity contribution in [2.45, 2.75) is 57.9 Å². The molecule has 136 valence electrons. The van der Waals surface area contributed by atoms with Crippen LogP contribution in [0.3, 0.4) is 0 Å². The van der Waals surface area contributed by atoms with Gasteiger partial charge in [0.2, 0.25) is 5.91 Å². The van der Waals surface area contributed by atoms with Crippen LogP contribution in [-0.2, 0) is 4.79 Å². The number of nitrogens with one attached hydrogen (secondary N) is 1. The Labute approximate surface area is 151 Å². The third kappa shape index (κ3) is 5.38. The summed E-state index contributed by atoms with van der Waals surface area (Å²) in [5.74, 6) is 0.958. The third-order valence-electron chi connectivity index (χ3n) is 5.14. The molecule has 1 amide bonds. The van der Waals surface area contributed by atoms with E-state index in [1.54, 1.807) is 7.11 Å². The van der Waals surface area contributed by atoms with Crippen molar-refractivity contribution < 1.29 is 9.53 Å². The van der Waals surface area contributed by atoms with Crippen LogP contribution in [0.2, 0.25) is 0 Å². The Hall–Kier alpha value is -1.26. The highest BCUT2D eigenvalue weighted by molar-refractivity contribution is 5.85. The molecule has 24 heavy (non-hydrogen) atoms. The van der Waals surface area contributed by atoms with Crippen LogP contribution in [-0.4, -0.2) is 19.6 Å². The number of rotatable bonds is 7. The van der Waals surface area contributed by atoms with Gasteiger partial charge < -0.3 is 15.8 Å². The molecular weight excluding hydrogens is 324 g/mol. The second-order valence-corrected chi connectivity index (χ2v) is 6.74. The van der Waals surface area contributed by atoms with E-state index in [1.165, 1.54) is 19.3 Å². The van der Waals surface area contributed by atoms with E-state index in [-0.39, 0.29) is 29.8 Å². The molecule has 1 atom stereocenters. The fourth-order valence-electron chi connectivity index (χ4n) is 3.60. The normalized spacial score (nSPS) is 17.5. The lowest BCUT2D eigenvalue weighted by Crippen LogP contribution is -2.39. The molecule has 1 unspecified atom stereocenters. The second kappa shape index (κ2) is 9.90. The van der Waals surface area contributed by atoms with Crippen molar-refractivity contribution in [3.8, 4) is 5.75 Å². The van der Waals surface area contributed by atoms with Crippen molar-refractivity contribution in [2.75, 3.05) is 13.7 Å². The smallest absolute Gasteiger partial charge is 0.221 e. The summed E-state index contributed by atoms with van der Waals surface area (Å²) in [4.78, 5) is 12.5. The molecule has 2 rings (SSSR count). The molecule has 1 aromatic rings. The average Bonchev–Trinajstić information content (AvgIpc) is 2.60. The van der Waals surface area contributed by atoms with Crippen LogP contribution < -0.4 is 15.8 Å². The first-order chi connectivity index (χ1) is 11.1. The van der Waals surface area contributed by atoms with Crippen LogP contribution in [0.5, 0.6) is 5.75 Å². The van der Waals surface area contributed by atoms with Crippen molar-refractivity contribution in [3.05, 3.63) is 29.8 Å². The zero-order chi connectivity index (χ0) is 16.7. The maximum atomic E-state index is 12.5. The summed E-state index contributed by atoms with van der Waals surface area (Å²) >= 11 is 0. The van der Waals surface area contributed by atoms with Crippen molar-refractivity contribution >= 4 is 18.3 Å². The Bertz CT molecular complexity index is 499. The molecule has 0 radical (unpaired) electrons. The highest BCUT2D eigenvalue weighted by atomic mass is 35.5. The Morgan fingerprint density at radius 1 is 1.25 bits per heavy atom. The zero-order valence-electron chi connectivity index (χ0n) is 14.8. The first-order valence-corrected chi connectivity index (χ1v) is 8.76. The van der Waals surface area contributed by atoms with E-state index in [0.29, 0.717) is 13.0 Å². The van der Waals surface area contributed by atoms with Crippen LogP contribution in [0.15, 0.2) is 24.3 Å². The number of hydrogen-bond acceptors (Lipinski definition) is 3. The van der Waals surface area contributed by atoms with E-state index in [9.17, 15) is 4.79 Å². The third-order valence-corrected chi connectivity index (χ3v) is 5.14. The lowest BCUT2D eigenvalue weighted by molar-refractivity contribution is -0.124. The van der Waals surface area contributed by atoms with E-state index < -0.39 is 0 Å². The van der Waals surface area contributed by atoms with Crippen LogP contribution in [0.25, 0.3) is 0 Å². The van der Waals surface area contributed by atoms with Gasteiger partial charge in [0.15, 0.2) is 0 Å². The first-order valence-electron chi connectivity index (χ1n) is 8.76. The fourth-order valence-corrected chi connectivity index (χ4v) is 3.60. The minimum atomic E-state index is 0. The summed E-state index contributed by atoms with van der Waals surface area (Å²) in [6, 6.07) is 7.96. The minimum Gasteiger partial charge on any atom is -0.497 e. The van der Waals surface area contributed by atoms with Crippen molar-refractivity contribution in [1.29, 1.82) is 0 Å². The number of amides is 1. The molecule has 3 N–H and O–H groups in total. The van der Waals surface area contributed by atoms with E-state index in [2.05, 4.69) is 12.2 Å². The Morgan fingerprint density at radius 3 is 2.38 bits per heavy atom. The highest BCUT2D eigenvalue weighted by Gasteiger charge is 2.33. The topological polar surface area (TPSA) is 64.4 Å².